The molecule has 0 radical (unpaired) electrons. The molecule has 0 spiro atoms. The first kappa shape index (κ1) is 9.13. The fourth-order valence-corrected chi connectivity index (χ4v) is 1.32. The highest BCUT2D eigenvalue weighted by atomic mass is 16.7. The van der Waals surface area contributed by atoms with Crippen molar-refractivity contribution in [2.45, 2.75) is 13.8 Å². The lowest BCUT2D eigenvalue weighted by Crippen LogP contribution is -1.92. The molecule has 0 saturated carbocycles. The second-order valence-corrected chi connectivity index (χ2v) is 3.72. The molecule has 0 atom stereocenters. The van der Waals surface area contributed by atoms with Crippen LogP contribution in [-0.2, 0) is 0 Å². The van der Waals surface area contributed by atoms with Crippen LogP contribution in [0.2, 0.25) is 0 Å². The van der Waals surface area contributed by atoms with E-state index in [0.29, 0.717) is 12.7 Å². The quantitative estimate of drug-likeness (QED) is 0.713. The molecule has 1 aliphatic rings. The predicted molar refractivity (Wildman–Crippen MR) is 56.4 cm³/mol. The van der Waals surface area contributed by atoms with E-state index in [4.69, 9.17) is 9.47 Å². The maximum atomic E-state index is 5.29. The Kier molecular flexibility index (Phi) is 2.44. The highest BCUT2D eigenvalue weighted by molar-refractivity contribution is 5.56. The molecule has 1 aliphatic heterocycles. The minimum atomic E-state index is 0.340. The molecular formula is C12H14O2. The zero-order chi connectivity index (χ0) is 9.97. The first-order chi connectivity index (χ1) is 6.75. The number of fused-ring (bicyclic) bond motifs is 1. The summed E-state index contributed by atoms with van der Waals surface area (Å²) in [5.41, 5.74) is 1.16. The molecule has 0 N–H and O–H groups in total. The van der Waals surface area contributed by atoms with Crippen molar-refractivity contribution in [2.75, 3.05) is 6.79 Å². The van der Waals surface area contributed by atoms with Gasteiger partial charge in [-0.3, -0.25) is 0 Å². The van der Waals surface area contributed by atoms with Crippen molar-refractivity contribution >= 4 is 6.08 Å². The summed E-state index contributed by atoms with van der Waals surface area (Å²) in [6.45, 7) is 4.65. The van der Waals surface area contributed by atoms with Crippen LogP contribution < -0.4 is 9.47 Å². The van der Waals surface area contributed by atoms with Crippen LogP contribution in [0.4, 0.5) is 0 Å². The topological polar surface area (TPSA) is 18.5 Å². The molecule has 0 aromatic heterocycles. The van der Waals surface area contributed by atoms with Crippen molar-refractivity contribution in [2.24, 2.45) is 5.92 Å². The molecule has 0 unspecified atom stereocenters. The van der Waals surface area contributed by atoms with Gasteiger partial charge in [0.1, 0.15) is 0 Å². The number of hydrogen-bond acceptors (Lipinski definition) is 2. The van der Waals surface area contributed by atoms with E-state index in [1.165, 1.54) is 0 Å². The molecule has 0 saturated heterocycles. The Balaban J connectivity index is 2.20. The lowest BCUT2D eigenvalue weighted by atomic mass is 10.1. The molecule has 0 fully saturated rings. The van der Waals surface area contributed by atoms with Crippen LogP contribution >= 0.6 is 0 Å². The van der Waals surface area contributed by atoms with E-state index in [0.717, 1.165) is 17.1 Å². The van der Waals surface area contributed by atoms with Crippen LogP contribution in [-0.4, -0.2) is 6.79 Å². The Bertz CT molecular complexity index is 353. The van der Waals surface area contributed by atoms with Gasteiger partial charge in [-0.15, -0.1) is 0 Å². The van der Waals surface area contributed by atoms with E-state index in [2.05, 4.69) is 26.0 Å². The van der Waals surface area contributed by atoms with Gasteiger partial charge in [0.15, 0.2) is 11.5 Å². The molecule has 2 rings (SSSR count). The largest absolute Gasteiger partial charge is 0.454 e. The fraction of sp³-hybridized carbons (Fsp3) is 0.333. The van der Waals surface area contributed by atoms with Crippen LogP contribution in [0.1, 0.15) is 19.4 Å². The summed E-state index contributed by atoms with van der Waals surface area (Å²) in [6.07, 6.45) is 4.27. The highest BCUT2D eigenvalue weighted by Gasteiger charge is 2.11. The van der Waals surface area contributed by atoms with Crippen LogP contribution in [0.15, 0.2) is 24.3 Å². The minimum absolute atomic E-state index is 0.340. The highest BCUT2D eigenvalue weighted by Crippen LogP contribution is 2.32. The first-order valence-corrected chi connectivity index (χ1v) is 4.83. The average Bonchev–Trinajstić information content (AvgIpc) is 2.61. The van der Waals surface area contributed by atoms with Crippen LogP contribution in [0.25, 0.3) is 6.08 Å². The van der Waals surface area contributed by atoms with Gasteiger partial charge in [0.25, 0.3) is 0 Å². The molecule has 0 amide bonds. The van der Waals surface area contributed by atoms with Crippen molar-refractivity contribution in [1.82, 2.24) is 0 Å². The molecule has 14 heavy (non-hydrogen) atoms. The normalized spacial score (nSPS) is 14.2. The number of benzene rings is 1. The summed E-state index contributed by atoms with van der Waals surface area (Å²) < 4.78 is 10.5. The van der Waals surface area contributed by atoms with E-state index < -0.39 is 0 Å². The van der Waals surface area contributed by atoms with E-state index in [1.807, 2.05) is 18.2 Å². The van der Waals surface area contributed by atoms with Gasteiger partial charge >= 0.3 is 0 Å². The predicted octanol–water partition coefficient (Wildman–Crippen LogP) is 3.08. The Morgan fingerprint density at radius 2 is 2.00 bits per heavy atom. The van der Waals surface area contributed by atoms with E-state index in [-0.39, 0.29) is 0 Å². The molecule has 74 valence electrons. The van der Waals surface area contributed by atoms with Crippen molar-refractivity contribution in [1.29, 1.82) is 0 Å². The Labute approximate surface area is 84.2 Å². The summed E-state index contributed by atoms with van der Waals surface area (Å²) in [4.78, 5) is 0. The number of ether oxygens (including phenoxy) is 2. The van der Waals surface area contributed by atoms with Gasteiger partial charge in [-0.2, -0.15) is 0 Å². The summed E-state index contributed by atoms with van der Waals surface area (Å²) in [5.74, 6) is 2.25. The molecule has 1 aromatic rings. The second kappa shape index (κ2) is 3.74. The number of rotatable bonds is 2. The van der Waals surface area contributed by atoms with Crippen LogP contribution in [0, 0.1) is 5.92 Å². The Morgan fingerprint density at radius 3 is 2.79 bits per heavy atom. The van der Waals surface area contributed by atoms with Crippen molar-refractivity contribution in [3.63, 3.8) is 0 Å². The van der Waals surface area contributed by atoms with Gasteiger partial charge in [-0.05, 0) is 23.6 Å². The molecular weight excluding hydrogens is 176 g/mol. The summed E-state index contributed by atoms with van der Waals surface area (Å²) in [7, 11) is 0. The summed E-state index contributed by atoms with van der Waals surface area (Å²) >= 11 is 0. The summed E-state index contributed by atoms with van der Waals surface area (Å²) in [5, 5.41) is 0. The maximum Gasteiger partial charge on any atom is 0.231 e. The average molecular weight is 190 g/mol. The van der Waals surface area contributed by atoms with Crippen LogP contribution in [0.5, 0.6) is 11.5 Å². The zero-order valence-electron chi connectivity index (χ0n) is 8.49. The van der Waals surface area contributed by atoms with Crippen molar-refractivity contribution in [3.8, 4) is 11.5 Å². The molecule has 2 heteroatoms. The number of allylic oxidation sites excluding steroid dienone is 1. The number of hydrogen-bond donors (Lipinski definition) is 0. The molecule has 2 nitrogen and oxygen atoms in total. The zero-order valence-corrected chi connectivity index (χ0v) is 8.49. The maximum absolute atomic E-state index is 5.29. The Hall–Kier alpha value is -1.44. The van der Waals surface area contributed by atoms with Crippen molar-refractivity contribution < 1.29 is 9.47 Å². The standard InChI is InChI=1S/C12H14O2/c1-9(2)3-4-10-5-6-11-12(7-10)14-8-13-11/h3-7,9H,8H2,1-2H3/b4-3+. The van der Waals surface area contributed by atoms with Gasteiger partial charge in [0, 0.05) is 0 Å². The van der Waals surface area contributed by atoms with Gasteiger partial charge in [-0.25, -0.2) is 0 Å². The first-order valence-electron chi connectivity index (χ1n) is 4.83. The van der Waals surface area contributed by atoms with E-state index >= 15 is 0 Å². The minimum Gasteiger partial charge on any atom is -0.454 e. The van der Waals surface area contributed by atoms with Gasteiger partial charge < -0.3 is 9.47 Å². The second-order valence-electron chi connectivity index (χ2n) is 3.72. The fourth-order valence-electron chi connectivity index (χ4n) is 1.32. The smallest absolute Gasteiger partial charge is 0.231 e. The van der Waals surface area contributed by atoms with Crippen LogP contribution in [0.3, 0.4) is 0 Å². The van der Waals surface area contributed by atoms with E-state index in [9.17, 15) is 0 Å². The van der Waals surface area contributed by atoms with Gasteiger partial charge in [-0.1, -0.05) is 32.1 Å². The Morgan fingerprint density at radius 1 is 1.21 bits per heavy atom. The third-order valence-corrected chi connectivity index (χ3v) is 2.07. The molecule has 1 heterocycles. The van der Waals surface area contributed by atoms with Gasteiger partial charge in [0.2, 0.25) is 6.79 Å². The SMILES string of the molecule is CC(C)/C=C/c1ccc2c(c1)OCO2. The van der Waals surface area contributed by atoms with Crippen molar-refractivity contribution in [3.05, 3.63) is 29.8 Å². The lowest BCUT2D eigenvalue weighted by molar-refractivity contribution is 0.174. The van der Waals surface area contributed by atoms with Gasteiger partial charge in [0.05, 0.1) is 0 Å². The molecule has 1 aromatic carbocycles. The monoisotopic (exact) mass is 190 g/mol. The van der Waals surface area contributed by atoms with E-state index in [1.54, 1.807) is 0 Å². The lowest BCUT2D eigenvalue weighted by Gasteiger charge is -1.98. The molecule has 0 aliphatic carbocycles. The third kappa shape index (κ3) is 1.90. The summed E-state index contributed by atoms with van der Waals surface area (Å²) in [6, 6.07) is 5.98. The molecule has 0 bridgehead atoms. The third-order valence-electron chi connectivity index (χ3n) is 2.07.